The van der Waals surface area contributed by atoms with Gasteiger partial charge in [-0.05, 0) is 30.7 Å². The van der Waals surface area contributed by atoms with Crippen LogP contribution in [0.5, 0.6) is 5.75 Å². The van der Waals surface area contributed by atoms with Crippen LogP contribution in [0.4, 0.5) is 0 Å². The summed E-state index contributed by atoms with van der Waals surface area (Å²) in [7, 11) is 1.66. The molecule has 1 heterocycles. The molecule has 0 unspecified atom stereocenters. The summed E-state index contributed by atoms with van der Waals surface area (Å²) in [6.07, 6.45) is 2.79. The first-order chi connectivity index (χ1) is 8.69. The second-order valence-electron chi connectivity index (χ2n) is 4.76. The molecule has 0 saturated heterocycles. The summed E-state index contributed by atoms with van der Waals surface area (Å²) < 4.78 is 5.17. The van der Waals surface area contributed by atoms with E-state index in [1.165, 1.54) is 5.56 Å². The van der Waals surface area contributed by atoms with Crippen molar-refractivity contribution in [3.05, 3.63) is 36.0 Å². The van der Waals surface area contributed by atoms with E-state index in [0.29, 0.717) is 6.04 Å². The van der Waals surface area contributed by atoms with Crippen molar-refractivity contribution in [3.63, 3.8) is 0 Å². The fourth-order valence-corrected chi connectivity index (χ4v) is 1.92. The van der Waals surface area contributed by atoms with Gasteiger partial charge in [0.25, 0.3) is 0 Å². The number of nitrogens with zero attached hydrogens (tertiary/aromatic N) is 1. The Labute approximate surface area is 108 Å². The fraction of sp³-hybridized carbons (Fsp3) is 0.400. The molecule has 2 aromatic rings. The molecule has 0 aliphatic rings. The van der Waals surface area contributed by atoms with Crippen LogP contribution in [-0.2, 0) is 6.42 Å². The maximum absolute atomic E-state index is 5.17. The van der Waals surface area contributed by atoms with Gasteiger partial charge in [-0.15, -0.1) is 0 Å². The van der Waals surface area contributed by atoms with Gasteiger partial charge >= 0.3 is 0 Å². The number of nitrogens with one attached hydrogen (secondary N) is 1. The summed E-state index contributed by atoms with van der Waals surface area (Å²) >= 11 is 0. The van der Waals surface area contributed by atoms with Crippen LogP contribution < -0.4 is 10.1 Å². The van der Waals surface area contributed by atoms with E-state index >= 15 is 0 Å². The molecule has 0 spiro atoms. The Balaban J connectivity index is 2.12. The largest absolute Gasteiger partial charge is 0.495 e. The van der Waals surface area contributed by atoms with E-state index < -0.39 is 0 Å². The van der Waals surface area contributed by atoms with Gasteiger partial charge in [-0.1, -0.05) is 26.0 Å². The second kappa shape index (κ2) is 5.83. The molecule has 1 aromatic heterocycles. The van der Waals surface area contributed by atoms with E-state index in [1.54, 1.807) is 13.3 Å². The van der Waals surface area contributed by atoms with Crippen LogP contribution in [0.1, 0.15) is 19.4 Å². The molecule has 3 nitrogen and oxygen atoms in total. The van der Waals surface area contributed by atoms with Crippen molar-refractivity contribution in [1.29, 1.82) is 0 Å². The number of pyridine rings is 1. The molecule has 0 amide bonds. The van der Waals surface area contributed by atoms with Gasteiger partial charge in [0, 0.05) is 11.4 Å². The van der Waals surface area contributed by atoms with Crippen molar-refractivity contribution < 1.29 is 4.74 Å². The van der Waals surface area contributed by atoms with Crippen LogP contribution in [0, 0.1) is 0 Å². The highest BCUT2D eigenvalue weighted by molar-refractivity contribution is 5.80. The van der Waals surface area contributed by atoms with Crippen molar-refractivity contribution >= 4 is 10.9 Å². The second-order valence-corrected chi connectivity index (χ2v) is 4.76. The molecule has 18 heavy (non-hydrogen) atoms. The van der Waals surface area contributed by atoms with Crippen LogP contribution in [0.15, 0.2) is 30.5 Å². The fourth-order valence-electron chi connectivity index (χ4n) is 1.92. The highest BCUT2D eigenvalue weighted by Gasteiger charge is 2.00. The van der Waals surface area contributed by atoms with E-state index in [4.69, 9.17) is 4.74 Å². The number of ether oxygens (including phenoxy) is 1. The normalized spacial score (nSPS) is 11.1. The third-order valence-corrected chi connectivity index (χ3v) is 2.93. The summed E-state index contributed by atoms with van der Waals surface area (Å²) in [5.41, 5.74) is 2.34. The molecule has 96 valence electrons. The highest BCUT2D eigenvalue weighted by Crippen LogP contribution is 2.19. The number of methoxy groups -OCH3 is 1. The topological polar surface area (TPSA) is 34.1 Å². The highest BCUT2D eigenvalue weighted by atomic mass is 16.5. The SMILES string of the molecule is COc1cnc2cc(CCNC(C)C)ccc2c1. The molecule has 0 saturated carbocycles. The van der Waals surface area contributed by atoms with E-state index in [2.05, 4.69) is 42.3 Å². The smallest absolute Gasteiger partial charge is 0.137 e. The van der Waals surface area contributed by atoms with Gasteiger partial charge in [-0.3, -0.25) is 4.98 Å². The minimum Gasteiger partial charge on any atom is -0.495 e. The minimum absolute atomic E-state index is 0.535. The molecule has 0 aliphatic carbocycles. The zero-order chi connectivity index (χ0) is 13.0. The van der Waals surface area contributed by atoms with E-state index in [9.17, 15) is 0 Å². The van der Waals surface area contributed by atoms with E-state index in [0.717, 1.165) is 29.6 Å². The Morgan fingerprint density at radius 3 is 2.83 bits per heavy atom. The molecular formula is C15H20N2O. The molecule has 0 radical (unpaired) electrons. The van der Waals surface area contributed by atoms with Crippen LogP contribution in [0.25, 0.3) is 10.9 Å². The van der Waals surface area contributed by atoms with Gasteiger partial charge in [-0.25, -0.2) is 0 Å². The Morgan fingerprint density at radius 2 is 2.11 bits per heavy atom. The lowest BCUT2D eigenvalue weighted by Gasteiger charge is -2.08. The molecule has 3 heteroatoms. The monoisotopic (exact) mass is 244 g/mol. The van der Waals surface area contributed by atoms with Gasteiger partial charge in [0.15, 0.2) is 0 Å². The van der Waals surface area contributed by atoms with Crippen molar-refractivity contribution in [2.45, 2.75) is 26.3 Å². The first-order valence-corrected chi connectivity index (χ1v) is 6.35. The number of benzene rings is 1. The lowest BCUT2D eigenvalue weighted by atomic mass is 10.1. The third-order valence-electron chi connectivity index (χ3n) is 2.93. The lowest BCUT2D eigenvalue weighted by Crippen LogP contribution is -2.24. The number of fused-ring (bicyclic) bond motifs is 1. The van der Waals surface area contributed by atoms with Crippen molar-refractivity contribution in [3.8, 4) is 5.75 Å². The number of hydrogen-bond donors (Lipinski definition) is 1. The number of rotatable bonds is 5. The van der Waals surface area contributed by atoms with E-state index in [1.807, 2.05) is 6.07 Å². The van der Waals surface area contributed by atoms with Gasteiger partial charge in [0.05, 0.1) is 18.8 Å². The molecule has 0 atom stereocenters. The van der Waals surface area contributed by atoms with Crippen LogP contribution in [0.3, 0.4) is 0 Å². The molecule has 0 aliphatic heterocycles. The maximum atomic E-state index is 5.17. The lowest BCUT2D eigenvalue weighted by molar-refractivity contribution is 0.414. The zero-order valence-corrected chi connectivity index (χ0v) is 11.2. The molecule has 1 aromatic carbocycles. The van der Waals surface area contributed by atoms with E-state index in [-0.39, 0.29) is 0 Å². The van der Waals surface area contributed by atoms with Crippen LogP contribution >= 0.6 is 0 Å². The van der Waals surface area contributed by atoms with Gasteiger partial charge in [0.2, 0.25) is 0 Å². The first-order valence-electron chi connectivity index (χ1n) is 6.35. The van der Waals surface area contributed by atoms with Crippen LogP contribution in [-0.4, -0.2) is 24.7 Å². The number of hydrogen-bond acceptors (Lipinski definition) is 3. The first kappa shape index (κ1) is 12.8. The summed E-state index contributed by atoms with van der Waals surface area (Å²) in [4.78, 5) is 4.41. The summed E-state index contributed by atoms with van der Waals surface area (Å²) in [6, 6.07) is 8.96. The van der Waals surface area contributed by atoms with Gasteiger partial charge in [-0.2, -0.15) is 0 Å². The Bertz CT molecular complexity index is 523. The van der Waals surface area contributed by atoms with Crippen molar-refractivity contribution in [2.24, 2.45) is 0 Å². The minimum atomic E-state index is 0.535. The van der Waals surface area contributed by atoms with Gasteiger partial charge < -0.3 is 10.1 Å². The average Bonchev–Trinajstić information content (AvgIpc) is 2.37. The Kier molecular flexibility index (Phi) is 4.15. The van der Waals surface area contributed by atoms with Crippen molar-refractivity contribution in [1.82, 2.24) is 10.3 Å². The Morgan fingerprint density at radius 1 is 1.28 bits per heavy atom. The predicted octanol–water partition coefficient (Wildman–Crippen LogP) is 2.78. The summed E-state index contributed by atoms with van der Waals surface area (Å²) in [5.74, 6) is 0.803. The summed E-state index contributed by atoms with van der Waals surface area (Å²) in [6.45, 7) is 5.32. The average molecular weight is 244 g/mol. The molecular weight excluding hydrogens is 224 g/mol. The molecule has 0 fully saturated rings. The Hall–Kier alpha value is -1.61. The molecule has 1 N–H and O–H groups in total. The van der Waals surface area contributed by atoms with Crippen molar-refractivity contribution in [2.75, 3.05) is 13.7 Å². The predicted molar refractivity (Wildman–Crippen MR) is 75.1 cm³/mol. The quantitative estimate of drug-likeness (QED) is 0.878. The van der Waals surface area contributed by atoms with Crippen LogP contribution in [0.2, 0.25) is 0 Å². The summed E-state index contributed by atoms with van der Waals surface area (Å²) in [5, 5.41) is 4.54. The van der Waals surface area contributed by atoms with Gasteiger partial charge in [0.1, 0.15) is 5.75 Å². The maximum Gasteiger partial charge on any atom is 0.137 e. The number of aromatic nitrogens is 1. The standard InChI is InChI=1S/C15H20N2O/c1-11(2)16-7-6-12-4-5-13-9-14(18-3)10-17-15(13)8-12/h4-5,8-11,16H,6-7H2,1-3H3. The molecule has 2 rings (SSSR count). The molecule has 0 bridgehead atoms. The zero-order valence-electron chi connectivity index (χ0n) is 11.2. The third kappa shape index (κ3) is 3.20.